The van der Waals surface area contributed by atoms with Crippen LogP contribution in [0.3, 0.4) is 0 Å². The maximum absolute atomic E-state index is 12.7. The summed E-state index contributed by atoms with van der Waals surface area (Å²) in [6.07, 6.45) is 2.62. The minimum absolute atomic E-state index is 0.0679. The third kappa shape index (κ3) is 6.59. The number of unbranched alkanes of at least 4 members (excludes halogenated alkanes) is 2. The van der Waals surface area contributed by atoms with Crippen molar-refractivity contribution in [1.82, 2.24) is 4.90 Å². The van der Waals surface area contributed by atoms with Gasteiger partial charge in [-0.05, 0) is 43.5 Å². The molecule has 0 spiro atoms. The summed E-state index contributed by atoms with van der Waals surface area (Å²) < 4.78 is 12.7. The van der Waals surface area contributed by atoms with E-state index in [0.29, 0.717) is 12.3 Å². The molecule has 106 valence electrons. The molecule has 0 atom stereocenters. The number of rotatable bonds is 8. The predicted molar refractivity (Wildman–Crippen MR) is 75.7 cm³/mol. The van der Waals surface area contributed by atoms with Crippen molar-refractivity contribution >= 4 is 17.7 Å². The van der Waals surface area contributed by atoms with Crippen molar-refractivity contribution in [3.05, 3.63) is 30.1 Å². The van der Waals surface area contributed by atoms with Gasteiger partial charge in [0, 0.05) is 25.1 Å². The molecular weight excluding hydrogens is 265 g/mol. The highest BCUT2D eigenvalue weighted by Gasteiger charge is 2.08. The quantitative estimate of drug-likeness (QED) is 0.589. The molecule has 1 amide bonds. The van der Waals surface area contributed by atoms with Crippen LogP contribution in [0.15, 0.2) is 29.2 Å². The first-order valence-corrected chi connectivity index (χ1v) is 7.35. The van der Waals surface area contributed by atoms with E-state index in [-0.39, 0.29) is 18.3 Å². The number of thioether (sulfide) groups is 1. The number of nitrogens with zero attached hydrogens (tertiary/aromatic N) is 1. The zero-order valence-electron chi connectivity index (χ0n) is 11.1. The molecule has 0 heterocycles. The van der Waals surface area contributed by atoms with Gasteiger partial charge in [0.1, 0.15) is 5.82 Å². The molecule has 0 radical (unpaired) electrons. The fourth-order valence-electron chi connectivity index (χ4n) is 1.55. The highest BCUT2D eigenvalue weighted by atomic mass is 32.2. The van der Waals surface area contributed by atoms with Crippen LogP contribution in [0.25, 0.3) is 0 Å². The van der Waals surface area contributed by atoms with E-state index in [4.69, 9.17) is 5.11 Å². The second-order valence-corrected chi connectivity index (χ2v) is 5.39. The summed E-state index contributed by atoms with van der Waals surface area (Å²) in [5, 5.41) is 8.66. The zero-order chi connectivity index (χ0) is 14.1. The van der Waals surface area contributed by atoms with Crippen LogP contribution in [0.5, 0.6) is 0 Å². The van der Waals surface area contributed by atoms with Crippen molar-refractivity contribution in [2.75, 3.05) is 26.0 Å². The van der Waals surface area contributed by atoms with Gasteiger partial charge in [-0.15, -0.1) is 11.8 Å². The normalized spacial score (nSPS) is 10.5. The van der Waals surface area contributed by atoms with E-state index < -0.39 is 0 Å². The van der Waals surface area contributed by atoms with Crippen molar-refractivity contribution < 1.29 is 14.3 Å². The van der Waals surface area contributed by atoms with Crippen LogP contribution in [-0.4, -0.2) is 41.9 Å². The highest BCUT2D eigenvalue weighted by Crippen LogP contribution is 2.18. The third-order valence-corrected chi connectivity index (χ3v) is 3.75. The molecule has 1 aromatic carbocycles. The summed E-state index contributed by atoms with van der Waals surface area (Å²) >= 11 is 1.41. The van der Waals surface area contributed by atoms with Gasteiger partial charge in [-0.25, -0.2) is 4.39 Å². The van der Waals surface area contributed by atoms with Gasteiger partial charge in [0.05, 0.1) is 5.75 Å². The lowest BCUT2D eigenvalue weighted by atomic mass is 10.2. The number of amides is 1. The fourth-order valence-corrected chi connectivity index (χ4v) is 2.39. The summed E-state index contributed by atoms with van der Waals surface area (Å²) in [7, 11) is 1.78. The minimum atomic E-state index is -0.267. The van der Waals surface area contributed by atoms with E-state index >= 15 is 0 Å². The van der Waals surface area contributed by atoms with Crippen LogP contribution < -0.4 is 0 Å². The molecule has 1 aromatic rings. The second kappa shape index (κ2) is 8.93. The van der Waals surface area contributed by atoms with Crippen LogP contribution in [0.2, 0.25) is 0 Å². The lowest BCUT2D eigenvalue weighted by Gasteiger charge is -2.16. The smallest absolute Gasteiger partial charge is 0.232 e. The molecule has 0 aliphatic rings. The molecule has 0 fully saturated rings. The van der Waals surface area contributed by atoms with Gasteiger partial charge >= 0.3 is 0 Å². The molecule has 3 nitrogen and oxygen atoms in total. The Morgan fingerprint density at radius 3 is 2.58 bits per heavy atom. The molecule has 0 saturated carbocycles. The summed E-state index contributed by atoms with van der Waals surface area (Å²) in [4.78, 5) is 14.4. The Morgan fingerprint density at radius 2 is 1.95 bits per heavy atom. The molecule has 0 saturated heterocycles. The maximum Gasteiger partial charge on any atom is 0.232 e. The lowest BCUT2D eigenvalue weighted by molar-refractivity contribution is -0.127. The molecule has 5 heteroatoms. The predicted octanol–water partition coefficient (Wildman–Crippen LogP) is 2.54. The lowest BCUT2D eigenvalue weighted by Crippen LogP contribution is -2.29. The van der Waals surface area contributed by atoms with Gasteiger partial charge in [-0.2, -0.15) is 0 Å². The van der Waals surface area contributed by atoms with Crippen LogP contribution in [-0.2, 0) is 4.79 Å². The summed E-state index contributed by atoms with van der Waals surface area (Å²) in [5.41, 5.74) is 0. The first kappa shape index (κ1) is 16.0. The maximum atomic E-state index is 12.7. The standard InChI is InChI=1S/C14H20FNO2S/c1-16(9-3-2-4-10-17)14(18)11-19-13-7-5-12(15)6-8-13/h5-8,17H,2-4,9-11H2,1H3. The Kier molecular flexibility index (Phi) is 7.52. The number of hydrogen-bond donors (Lipinski definition) is 1. The van der Waals surface area contributed by atoms with Crippen molar-refractivity contribution in [2.24, 2.45) is 0 Å². The largest absolute Gasteiger partial charge is 0.396 e. The van der Waals surface area contributed by atoms with E-state index in [1.807, 2.05) is 0 Å². The van der Waals surface area contributed by atoms with Crippen LogP contribution in [0.4, 0.5) is 4.39 Å². The number of aliphatic hydroxyl groups is 1. The molecule has 0 unspecified atom stereocenters. The van der Waals surface area contributed by atoms with E-state index in [9.17, 15) is 9.18 Å². The number of aliphatic hydroxyl groups excluding tert-OH is 1. The Bertz CT molecular complexity index is 384. The molecule has 0 aliphatic heterocycles. The SMILES string of the molecule is CN(CCCCCO)C(=O)CSc1ccc(F)cc1. The number of carbonyl (C=O) groups excluding carboxylic acids is 1. The summed E-state index contributed by atoms with van der Waals surface area (Å²) in [6.45, 7) is 0.918. The average Bonchev–Trinajstić information content (AvgIpc) is 2.42. The molecule has 0 aliphatic carbocycles. The monoisotopic (exact) mass is 285 g/mol. The highest BCUT2D eigenvalue weighted by molar-refractivity contribution is 8.00. The number of benzene rings is 1. The summed E-state index contributed by atoms with van der Waals surface area (Å²) in [5.74, 6) is 0.164. The molecule has 1 rings (SSSR count). The Labute approximate surface area is 117 Å². The Balaban J connectivity index is 2.24. The van der Waals surface area contributed by atoms with E-state index in [2.05, 4.69) is 0 Å². The van der Waals surface area contributed by atoms with Crippen molar-refractivity contribution in [2.45, 2.75) is 24.2 Å². The minimum Gasteiger partial charge on any atom is -0.396 e. The Morgan fingerprint density at radius 1 is 1.26 bits per heavy atom. The second-order valence-electron chi connectivity index (χ2n) is 4.34. The fraction of sp³-hybridized carbons (Fsp3) is 0.500. The van der Waals surface area contributed by atoms with Crippen molar-refractivity contribution in [3.8, 4) is 0 Å². The third-order valence-electron chi connectivity index (χ3n) is 2.75. The molecule has 0 aromatic heterocycles. The van der Waals surface area contributed by atoms with Gasteiger partial charge in [0.15, 0.2) is 0 Å². The summed E-state index contributed by atoms with van der Waals surface area (Å²) in [6, 6.07) is 6.14. The number of halogens is 1. The van der Waals surface area contributed by atoms with Gasteiger partial charge in [0.2, 0.25) is 5.91 Å². The van der Waals surface area contributed by atoms with Gasteiger partial charge in [0.25, 0.3) is 0 Å². The zero-order valence-corrected chi connectivity index (χ0v) is 12.0. The van der Waals surface area contributed by atoms with E-state index in [1.165, 1.54) is 23.9 Å². The van der Waals surface area contributed by atoms with Crippen LogP contribution >= 0.6 is 11.8 Å². The van der Waals surface area contributed by atoms with E-state index in [0.717, 1.165) is 24.2 Å². The Hall–Kier alpha value is -1.07. The van der Waals surface area contributed by atoms with Crippen molar-refractivity contribution in [3.63, 3.8) is 0 Å². The van der Waals surface area contributed by atoms with Crippen molar-refractivity contribution in [1.29, 1.82) is 0 Å². The van der Waals surface area contributed by atoms with Crippen LogP contribution in [0, 0.1) is 5.82 Å². The number of hydrogen-bond acceptors (Lipinski definition) is 3. The molecule has 19 heavy (non-hydrogen) atoms. The molecular formula is C14H20FNO2S. The van der Waals surface area contributed by atoms with Gasteiger partial charge < -0.3 is 10.0 Å². The first-order chi connectivity index (χ1) is 9.13. The average molecular weight is 285 g/mol. The van der Waals surface area contributed by atoms with Gasteiger partial charge in [-0.3, -0.25) is 4.79 Å². The molecule has 0 bridgehead atoms. The topological polar surface area (TPSA) is 40.5 Å². The van der Waals surface area contributed by atoms with E-state index in [1.54, 1.807) is 24.1 Å². The first-order valence-electron chi connectivity index (χ1n) is 6.36. The number of carbonyl (C=O) groups is 1. The van der Waals surface area contributed by atoms with Gasteiger partial charge in [-0.1, -0.05) is 0 Å². The molecule has 1 N–H and O–H groups in total. The van der Waals surface area contributed by atoms with Crippen LogP contribution in [0.1, 0.15) is 19.3 Å².